The maximum absolute atomic E-state index is 12.2. The maximum atomic E-state index is 12.2. The number of amides is 1. The highest BCUT2D eigenvalue weighted by Crippen LogP contribution is 2.20. The van der Waals surface area contributed by atoms with Gasteiger partial charge in [-0.05, 0) is 24.6 Å². The summed E-state index contributed by atoms with van der Waals surface area (Å²) in [5.74, 6) is -0.257. The van der Waals surface area contributed by atoms with E-state index in [4.69, 9.17) is 0 Å². The SMILES string of the molecule is Cc1c(Br)cccc1C(=O)NCc1ccccc1[N+](=O)[O-]. The molecule has 0 spiro atoms. The zero-order valence-electron chi connectivity index (χ0n) is 11.3. The third-order valence-electron chi connectivity index (χ3n) is 3.14. The van der Waals surface area contributed by atoms with Gasteiger partial charge in [0, 0.05) is 28.2 Å². The molecule has 0 aromatic heterocycles. The van der Waals surface area contributed by atoms with Gasteiger partial charge in [-0.1, -0.05) is 40.2 Å². The van der Waals surface area contributed by atoms with Crippen LogP contribution in [-0.2, 0) is 6.54 Å². The minimum atomic E-state index is -0.453. The van der Waals surface area contributed by atoms with Crippen LogP contribution in [0.4, 0.5) is 5.69 Å². The Hall–Kier alpha value is -2.21. The number of nitro groups is 1. The highest BCUT2D eigenvalue weighted by atomic mass is 79.9. The van der Waals surface area contributed by atoms with Crippen molar-refractivity contribution < 1.29 is 9.72 Å². The number of carbonyl (C=O) groups is 1. The van der Waals surface area contributed by atoms with Gasteiger partial charge in [0.25, 0.3) is 11.6 Å². The number of nitrogens with one attached hydrogen (secondary N) is 1. The Kier molecular flexibility index (Phi) is 4.70. The van der Waals surface area contributed by atoms with Gasteiger partial charge in [0.2, 0.25) is 0 Å². The largest absolute Gasteiger partial charge is 0.348 e. The molecule has 2 aromatic carbocycles. The second-order valence-electron chi connectivity index (χ2n) is 4.48. The zero-order chi connectivity index (χ0) is 15.4. The molecule has 0 bridgehead atoms. The van der Waals surface area contributed by atoms with Crippen molar-refractivity contribution in [3.8, 4) is 0 Å². The molecule has 6 heteroatoms. The lowest BCUT2D eigenvalue weighted by atomic mass is 10.1. The highest BCUT2D eigenvalue weighted by Gasteiger charge is 2.15. The molecule has 0 saturated carbocycles. The molecule has 2 aromatic rings. The first-order valence-electron chi connectivity index (χ1n) is 6.26. The molecule has 0 saturated heterocycles. The van der Waals surface area contributed by atoms with Crippen LogP contribution in [0.5, 0.6) is 0 Å². The van der Waals surface area contributed by atoms with Gasteiger partial charge in [0.15, 0.2) is 0 Å². The first-order valence-corrected chi connectivity index (χ1v) is 7.05. The molecule has 5 nitrogen and oxygen atoms in total. The van der Waals surface area contributed by atoms with Gasteiger partial charge < -0.3 is 5.32 Å². The summed E-state index contributed by atoms with van der Waals surface area (Å²) in [7, 11) is 0. The summed E-state index contributed by atoms with van der Waals surface area (Å²) in [6, 6.07) is 11.7. The molecule has 0 fully saturated rings. The normalized spacial score (nSPS) is 10.2. The summed E-state index contributed by atoms with van der Waals surface area (Å²) < 4.78 is 0.848. The molecular weight excluding hydrogens is 336 g/mol. The molecule has 0 aliphatic heterocycles. The summed E-state index contributed by atoms with van der Waals surface area (Å²) in [6.45, 7) is 1.95. The lowest BCUT2D eigenvalue weighted by molar-refractivity contribution is -0.385. The van der Waals surface area contributed by atoms with Crippen LogP contribution in [0.15, 0.2) is 46.9 Å². The topological polar surface area (TPSA) is 72.2 Å². The van der Waals surface area contributed by atoms with Crippen molar-refractivity contribution in [2.45, 2.75) is 13.5 Å². The van der Waals surface area contributed by atoms with E-state index in [1.807, 2.05) is 13.0 Å². The van der Waals surface area contributed by atoms with Crippen LogP contribution in [-0.4, -0.2) is 10.8 Å². The van der Waals surface area contributed by atoms with Gasteiger partial charge in [-0.25, -0.2) is 0 Å². The van der Waals surface area contributed by atoms with E-state index in [1.54, 1.807) is 30.3 Å². The molecule has 108 valence electrons. The van der Waals surface area contributed by atoms with Crippen molar-refractivity contribution in [1.29, 1.82) is 0 Å². The van der Waals surface area contributed by atoms with Crippen molar-refractivity contribution in [2.24, 2.45) is 0 Å². The van der Waals surface area contributed by atoms with Crippen LogP contribution in [0, 0.1) is 17.0 Å². The van der Waals surface area contributed by atoms with E-state index in [0.29, 0.717) is 11.1 Å². The number of hydrogen-bond acceptors (Lipinski definition) is 3. The average Bonchev–Trinajstić information content (AvgIpc) is 2.47. The van der Waals surface area contributed by atoms with Gasteiger partial charge in [-0.2, -0.15) is 0 Å². The molecule has 21 heavy (non-hydrogen) atoms. The molecule has 0 aliphatic rings. The first kappa shape index (κ1) is 15.2. The predicted octanol–water partition coefficient (Wildman–Crippen LogP) is 3.60. The summed E-state index contributed by atoms with van der Waals surface area (Å²) in [5.41, 5.74) is 1.85. The lowest BCUT2D eigenvalue weighted by Crippen LogP contribution is -2.24. The van der Waals surface area contributed by atoms with E-state index in [9.17, 15) is 14.9 Å². The summed E-state index contributed by atoms with van der Waals surface area (Å²) >= 11 is 3.37. The second kappa shape index (κ2) is 6.49. The Morgan fingerprint density at radius 2 is 1.95 bits per heavy atom. The van der Waals surface area contributed by atoms with E-state index in [2.05, 4.69) is 21.2 Å². The zero-order valence-corrected chi connectivity index (χ0v) is 12.9. The third-order valence-corrected chi connectivity index (χ3v) is 4.00. The van der Waals surface area contributed by atoms with Crippen molar-refractivity contribution in [2.75, 3.05) is 0 Å². The summed E-state index contributed by atoms with van der Waals surface area (Å²) in [4.78, 5) is 22.6. The second-order valence-corrected chi connectivity index (χ2v) is 5.34. The quantitative estimate of drug-likeness (QED) is 0.677. The Labute approximate surface area is 130 Å². The van der Waals surface area contributed by atoms with Crippen molar-refractivity contribution in [3.63, 3.8) is 0 Å². The van der Waals surface area contributed by atoms with Gasteiger partial charge in [-0.3, -0.25) is 14.9 Å². The van der Waals surface area contributed by atoms with E-state index in [-0.39, 0.29) is 18.1 Å². The minimum Gasteiger partial charge on any atom is -0.348 e. The van der Waals surface area contributed by atoms with E-state index in [1.165, 1.54) is 6.07 Å². The molecule has 0 radical (unpaired) electrons. The number of para-hydroxylation sites is 1. The molecule has 0 atom stereocenters. The number of hydrogen-bond donors (Lipinski definition) is 1. The van der Waals surface area contributed by atoms with Gasteiger partial charge >= 0.3 is 0 Å². The number of nitro benzene ring substituents is 1. The van der Waals surface area contributed by atoms with Gasteiger partial charge in [0.05, 0.1) is 4.92 Å². The molecule has 0 heterocycles. The number of rotatable bonds is 4. The first-order chi connectivity index (χ1) is 10.0. The van der Waals surface area contributed by atoms with E-state index < -0.39 is 4.92 Å². The van der Waals surface area contributed by atoms with Crippen molar-refractivity contribution in [1.82, 2.24) is 5.32 Å². The van der Waals surface area contributed by atoms with Crippen LogP contribution in [0.25, 0.3) is 0 Å². The highest BCUT2D eigenvalue weighted by molar-refractivity contribution is 9.10. The number of nitrogens with zero attached hydrogens (tertiary/aromatic N) is 1. The maximum Gasteiger partial charge on any atom is 0.274 e. The fourth-order valence-corrected chi connectivity index (χ4v) is 2.33. The Bertz CT molecular complexity index is 701. The van der Waals surface area contributed by atoms with Gasteiger partial charge in [0.1, 0.15) is 0 Å². The molecule has 1 N–H and O–H groups in total. The fraction of sp³-hybridized carbons (Fsp3) is 0.133. The van der Waals surface area contributed by atoms with Crippen molar-refractivity contribution in [3.05, 3.63) is 73.7 Å². The number of halogens is 1. The molecule has 0 aliphatic carbocycles. The number of benzene rings is 2. The Morgan fingerprint density at radius 1 is 1.24 bits per heavy atom. The van der Waals surface area contributed by atoms with Gasteiger partial charge in [-0.15, -0.1) is 0 Å². The molecular formula is C15H13BrN2O3. The third kappa shape index (κ3) is 3.46. The molecule has 2 rings (SSSR count). The van der Waals surface area contributed by atoms with Crippen LogP contribution < -0.4 is 5.32 Å². The average molecular weight is 349 g/mol. The van der Waals surface area contributed by atoms with Crippen molar-refractivity contribution >= 4 is 27.5 Å². The summed E-state index contributed by atoms with van der Waals surface area (Å²) in [6.07, 6.45) is 0. The van der Waals surface area contributed by atoms with Crippen LogP contribution >= 0.6 is 15.9 Å². The van der Waals surface area contributed by atoms with Crippen LogP contribution in [0.1, 0.15) is 21.5 Å². The molecule has 1 amide bonds. The standard InChI is InChI=1S/C15H13BrN2O3/c1-10-12(6-4-7-13(10)16)15(19)17-9-11-5-2-3-8-14(11)18(20)21/h2-8H,9H2,1H3,(H,17,19). The lowest BCUT2D eigenvalue weighted by Gasteiger charge is -2.09. The van der Waals surface area contributed by atoms with Crippen LogP contribution in [0.3, 0.4) is 0 Å². The van der Waals surface area contributed by atoms with Crippen LogP contribution in [0.2, 0.25) is 0 Å². The monoisotopic (exact) mass is 348 g/mol. The fourth-order valence-electron chi connectivity index (χ4n) is 1.96. The Balaban J connectivity index is 2.15. The predicted molar refractivity (Wildman–Crippen MR) is 83.1 cm³/mol. The van der Waals surface area contributed by atoms with E-state index >= 15 is 0 Å². The molecule has 0 unspecified atom stereocenters. The minimum absolute atomic E-state index is 0.00349. The van der Waals surface area contributed by atoms with E-state index in [0.717, 1.165) is 10.0 Å². The smallest absolute Gasteiger partial charge is 0.274 e. The summed E-state index contributed by atoms with van der Waals surface area (Å²) in [5, 5.41) is 13.6. The number of carbonyl (C=O) groups excluding carboxylic acids is 1. The Morgan fingerprint density at radius 3 is 2.67 bits per heavy atom.